The Kier molecular flexibility index (Phi) is 2.40. The Morgan fingerprint density at radius 1 is 1.10 bits per heavy atom. The Morgan fingerprint density at radius 2 is 1.70 bits per heavy atom. The van der Waals surface area contributed by atoms with Crippen molar-refractivity contribution in [2.45, 2.75) is 44.4 Å². The number of hydrogen-bond donors (Lipinski definition) is 1. The second kappa shape index (κ2) is 3.87. The highest BCUT2D eigenvalue weighted by Gasteiger charge is 2.62. The predicted molar refractivity (Wildman–Crippen MR) is 79.0 cm³/mol. The largest absolute Gasteiger partial charge is 0.369 e. The fourth-order valence-corrected chi connectivity index (χ4v) is 5.80. The summed E-state index contributed by atoms with van der Waals surface area (Å²) < 4.78 is 0. The van der Waals surface area contributed by atoms with Gasteiger partial charge in [0.1, 0.15) is 0 Å². The van der Waals surface area contributed by atoms with Crippen LogP contribution in [-0.2, 0) is 10.2 Å². The summed E-state index contributed by atoms with van der Waals surface area (Å²) in [7, 11) is 0. The molecule has 2 atom stereocenters. The van der Waals surface area contributed by atoms with E-state index in [-0.39, 0.29) is 16.7 Å². The van der Waals surface area contributed by atoms with Crippen molar-refractivity contribution in [1.82, 2.24) is 0 Å². The second-order valence-electron chi connectivity index (χ2n) is 7.66. The Balaban J connectivity index is 1.82. The molecule has 4 bridgehead atoms. The van der Waals surface area contributed by atoms with Crippen molar-refractivity contribution >= 4 is 5.91 Å². The zero-order valence-corrected chi connectivity index (χ0v) is 12.1. The standard InChI is InChI=1S/C18H23NO/c1-12-13-7-17(15-5-3-2-4-6-15)8-14(12)10-18(9-13,11-17)16(19)20/h2-6,12-14H,7-11H2,1H3,(H2,19,20). The number of benzene rings is 1. The van der Waals surface area contributed by atoms with Crippen LogP contribution in [0.5, 0.6) is 0 Å². The first kappa shape index (κ1) is 12.4. The Bertz CT molecular complexity index is 534. The van der Waals surface area contributed by atoms with Crippen LogP contribution in [0, 0.1) is 23.2 Å². The smallest absolute Gasteiger partial charge is 0.223 e. The lowest BCUT2D eigenvalue weighted by Gasteiger charge is -2.63. The molecule has 20 heavy (non-hydrogen) atoms. The van der Waals surface area contributed by atoms with Crippen molar-refractivity contribution in [2.75, 3.05) is 0 Å². The van der Waals surface area contributed by atoms with E-state index in [0.29, 0.717) is 11.8 Å². The maximum Gasteiger partial charge on any atom is 0.223 e. The molecule has 4 fully saturated rings. The topological polar surface area (TPSA) is 43.1 Å². The number of hydrogen-bond acceptors (Lipinski definition) is 1. The van der Waals surface area contributed by atoms with Gasteiger partial charge in [0.15, 0.2) is 0 Å². The van der Waals surface area contributed by atoms with E-state index in [4.69, 9.17) is 5.73 Å². The van der Waals surface area contributed by atoms with Crippen LogP contribution in [0.15, 0.2) is 30.3 Å². The van der Waals surface area contributed by atoms with Gasteiger partial charge in [-0.1, -0.05) is 37.3 Å². The molecular formula is C18H23NO. The first-order valence-electron chi connectivity index (χ1n) is 7.90. The molecule has 1 amide bonds. The fourth-order valence-electron chi connectivity index (χ4n) is 5.80. The Morgan fingerprint density at radius 3 is 2.25 bits per heavy atom. The van der Waals surface area contributed by atoms with E-state index in [0.717, 1.165) is 25.2 Å². The van der Waals surface area contributed by atoms with Crippen LogP contribution in [0.4, 0.5) is 0 Å². The zero-order chi connectivity index (χ0) is 14.0. The summed E-state index contributed by atoms with van der Waals surface area (Å²) >= 11 is 0. The summed E-state index contributed by atoms with van der Waals surface area (Å²) in [5.74, 6) is 2.09. The molecule has 2 heteroatoms. The summed E-state index contributed by atoms with van der Waals surface area (Å²) in [5.41, 5.74) is 7.27. The molecule has 0 aromatic heterocycles. The molecule has 0 spiro atoms. The molecule has 1 aromatic carbocycles. The van der Waals surface area contributed by atoms with Crippen molar-refractivity contribution in [2.24, 2.45) is 28.9 Å². The predicted octanol–water partition coefficient (Wildman–Crippen LogP) is 3.26. The molecule has 106 valence electrons. The van der Waals surface area contributed by atoms with Crippen LogP contribution >= 0.6 is 0 Å². The van der Waals surface area contributed by atoms with E-state index >= 15 is 0 Å². The lowest BCUT2D eigenvalue weighted by Crippen LogP contribution is -2.60. The van der Waals surface area contributed by atoms with Gasteiger partial charge < -0.3 is 5.73 Å². The molecule has 4 aliphatic carbocycles. The minimum Gasteiger partial charge on any atom is -0.369 e. The second-order valence-corrected chi connectivity index (χ2v) is 7.66. The van der Waals surface area contributed by atoms with Gasteiger partial charge in [0, 0.05) is 0 Å². The summed E-state index contributed by atoms with van der Waals surface area (Å²) in [6.45, 7) is 2.39. The van der Waals surface area contributed by atoms with Gasteiger partial charge in [0.25, 0.3) is 0 Å². The molecule has 2 unspecified atom stereocenters. The molecule has 4 aliphatic rings. The van der Waals surface area contributed by atoms with Gasteiger partial charge in [-0.25, -0.2) is 0 Å². The van der Waals surface area contributed by atoms with Gasteiger partial charge in [-0.3, -0.25) is 4.79 Å². The molecule has 4 saturated carbocycles. The molecule has 0 saturated heterocycles. The highest BCUT2D eigenvalue weighted by atomic mass is 16.1. The van der Waals surface area contributed by atoms with Crippen molar-refractivity contribution in [3.8, 4) is 0 Å². The number of nitrogens with two attached hydrogens (primary N) is 1. The molecule has 2 nitrogen and oxygen atoms in total. The molecule has 2 N–H and O–H groups in total. The summed E-state index contributed by atoms with van der Waals surface area (Å²) in [4.78, 5) is 12.2. The van der Waals surface area contributed by atoms with Crippen LogP contribution in [-0.4, -0.2) is 5.91 Å². The zero-order valence-electron chi connectivity index (χ0n) is 12.1. The lowest BCUT2D eigenvalue weighted by molar-refractivity contribution is -0.152. The SMILES string of the molecule is CC1C2CC3(C(N)=O)CC1CC(c1ccccc1)(C2)C3. The summed E-state index contributed by atoms with van der Waals surface area (Å²) in [5, 5.41) is 0. The van der Waals surface area contributed by atoms with Crippen LogP contribution in [0.25, 0.3) is 0 Å². The van der Waals surface area contributed by atoms with Crippen molar-refractivity contribution in [1.29, 1.82) is 0 Å². The van der Waals surface area contributed by atoms with E-state index in [1.165, 1.54) is 18.4 Å². The maximum atomic E-state index is 12.2. The van der Waals surface area contributed by atoms with E-state index in [9.17, 15) is 4.79 Å². The van der Waals surface area contributed by atoms with E-state index in [1.54, 1.807) is 0 Å². The minimum absolute atomic E-state index is 0.0425. The monoisotopic (exact) mass is 269 g/mol. The Labute approximate surface area is 120 Å². The third-order valence-electron chi connectivity index (χ3n) is 6.68. The van der Waals surface area contributed by atoms with Gasteiger partial charge in [-0.05, 0) is 60.8 Å². The van der Waals surface area contributed by atoms with Crippen LogP contribution in [0.3, 0.4) is 0 Å². The van der Waals surface area contributed by atoms with Gasteiger partial charge in [-0.15, -0.1) is 0 Å². The summed E-state index contributed by atoms with van der Waals surface area (Å²) in [6, 6.07) is 10.9. The van der Waals surface area contributed by atoms with E-state index in [1.807, 2.05) is 0 Å². The molecule has 5 rings (SSSR count). The summed E-state index contributed by atoms with van der Waals surface area (Å²) in [6.07, 6.45) is 5.57. The van der Waals surface area contributed by atoms with Crippen molar-refractivity contribution in [3.05, 3.63) is 35.9 Å². The van der Waals surface area contributed by atoms with Gasteiger partial charge in [-0.2, -0.15) is 0 Å². The van der Waals surface area contributed by atoms with Gasteiger partial charge >= 0.3 is 0 Å². The molecule has 1 aromatic rings. The van der Waals surface area contributed by atoms with Crippen LogP contribution in [0.1, 0.15) is 44.6 Å². The normalized spacial score (nSPS) is 45.5. The lowest BCUT2D eigenvalue weighted by atomic mass is 9.40. The average Bonchev–Trinajstić information content (AvgIpc) is 2.44. The Hall–Kier alpha value is -1.31. The maximum absolute atomic E-state index is 12.2. The highest BCUT2D eigenvalue weighted by Crippen LogP contribution is 2.67. The molecule has 0 heterocycles. The molecular weight excluding hydrogens is 246 g/mol. The van der Waals surface area contributed by atoms with Gasteiger partial charge in [0.2, 0.25) is 5.91 Å². The number of rotatable bonds is 2. The third kappa shape index (κ3) is 1.48. The minimum atomic E-state index is -0.214. The molecule has 0 radical (unpaired) electrons. The number of primary amides is 1. The number of carbonyl (C=O) groups is 1. The van der Waals surface area contributed by atoms with Crippen LogP contribution < -0.4 is 5.73 Å². The van der Waals surface area contributed by atoms with Crippen molar-refractivity contribution < 1.29 is 4.79 Å². The number of carbonyl (C=O) groups excluding carboxylic acids is 1. The first-order chi connectivity index (χ1) is 9.55. The van der Waals surface area contributed by atoms with Gasteiger partial charge in [0.05, 0.1) is 5.41 Å². The van der Waals surface area contributed by atoms with E-state index < -0.39 is 0 Å². The number of amides is 1. The first-order valence-corrected chi connectivity index (χ1v) is 7.90. The fraction of sp³-hybridized carbons (Fsp3) is 0.611. The average molecular weight is 269 g/mol. The quantitative estimate of drug-likeness (QED) is 0.880. The molecule has 0 aliphatic heterocycles. The third-order valence-corrected chi connectivity index (χ3v) is 6.68. The van der Waals surface area contributed by atoms with Crippen LogP contribution in [0.2, 0.25) is 0 Å². The highest BCUT2D eigenvalue weighted by molar-refractivity contribution is 5.81. The van der Waals surface area contributed by atoms with Crippen molar-refractivity contribution in [3.63, 3.8) is 0 Å². The van der Waals surface area contributed by atoms with E-state index in [2.05, 4.69) is 37.3 Å².